The number of aryl methyl sites for hydroxylation is 1. The van der Waals surface area contributed by atoms with E-state index in [1.807, 2.05) is 0 Å². The number of hydrogen-bond acceptors (Lipinski definition) is 2. The minimum Gasteiger partial charge on any atom is -0.481 e. The molecule has 5 nitrogen and oxygen atoms in total. The number of halogens is 2. The van der Waals surface area contributed by atoms with E-state index in [0.717, 1.165) is 0 Å². The number of rotatable bonds is 6. The molecule has 138 valence electrons. The van der Waals surface area contributed by atoms with Crippen molar-refractivity contribution in [2.24, 2.45) is 0 Å². The van der Waals surface area contributed by atoms with Crippen LogP contribution in [-0.2, 0) is 11.2 Å². The zero-order valence-electron chi connectivity index (χ0n) is 14.2. The summed E-state index contributed by atoms with van der Waals surface area (Å²) in [4.78, 5) is 23.5. The standard InChI is InChI=1S/C20H16ClFN2O3/c21-15-5-1-14(2-6-15)20(27)23-24-17(10-12-19(25)26)9-11-18(24)13-3-7-16(22)8-4-13/h1-9,11H,10,12H2,(H,23,27)(H,25,26). The van der Waals surface area contributed by atoms with Crippen LogP contribution in [0.3, 0.4) is 0 Å². The van der Waals surface area contributed by atoms with Crippen LogP contribution in [0.15, 0.2) is 60.7 Å². The Morgan fingerprint density at radius 3 is 2.30 bits per heavy atom. The van der Waals surface area contributed by atoms with E-state index in [-0.39, 0.29) is 24.6 Å². The van der Waals surface area contributed by atoms with Crippen molar-refractivity contribution in [3.63, 3.8) is 0 Å². The molecule has 7 heteroatoms. The first-order valence-corrected chi connectivity index (χ1v) is 8.57. The van der Waals surface area contributed by atoms with Crippen LogP contribution in [0.1, 0.15) is 22.5 Å². The molecule has 0 fully saturated rings. The number of carboxylic acid groups (broad SMARTS) is 1. The van der Waals surface area contributed by atoms with Gasteiger partial charge in [0.25, 0.3) is 5.91 Å². The van der Waals surface area contributed by atoms with E-state index in [0.29, 0.717) is 27.5 Å². The number of aromatic nitrogens is 1. The van der Waals surface area contributed by atoms with Gasteiger partial charge in [-0.05, 0) is 60.7 Å². The highest BCUT2D eigenvalue weighted by Crippen LogP contribution is 2.23. The Morgan fingerprint density at radius 2 is 1.67 bits per heavy atom. The lowest BCUT2D eigenvalue weighted by molar-refractivity contribution is -0.136. The zero-order valence-corrected chi connectivity index (χ0v) is 14.9. The van der Waals surface area contributed by atoms with Crippen LogP contribution < -0.4 is 5.43 Å². The highest BCUT2D eigenvalue weighted by Gasteiger charge is 2.15. The number of amides is 1. The summed E-state index contributed by atoms with van der Waals surface area (Å²) < 4.78 is 14.8. The number of nitrogens with one attached hydrogen (secondary N) is 1. The number of carboxylic acids is 1. The first kappa shape index (κ1) is 18.7. The van der Waals surface area contributed by atoms with Crippen molar-refractivity contribution in [3.05, 3.63) is 82.8 Å². The molecule has 0 radical (unpaired) electrons. The lowest BCUT2D eigenvalue weighted by Crippen LogP contribution is -2.25. The molecule has 3 rings (SSSR count). The van der Waals surface area contributed by atoms with Crippen LogP contribution in [0.25, 0.3) is 11.3 Å². The molecule has 0 saturated carbocycles. The molecule has 0 aliphatic rings. The van der Waals surface area contributed by atoms with Gasteiger partial charge in [-0.2, -0.15) is 0 Å². The van der Waals surface area contributed by atoms with Gasteiger partial charge in [0.1, 0.15) is 5.82 Å². The summed E-state index contributed by atoms with van der Waals surface area (Å²) in [5, 5.41) is 9.47. The van der Waals surface area contributed by atoms with E-state index in [4.69, 9.17) is 16.7 Å². The van der Waals surface area contributed by atoms with E-state index in [2.05, 4.69) is 5.43 Å². The van der Waals surface area contributed by atoms with Gasteiger partial charge < -0.3 is 5.11 Å². The maximum Gasteiger partial charge on any atom is 0.303 e. The summed E-state index contributed by atoms with van der Waals surface area (Å²) in [6.07, 6.45) is 0.154. The van der Waals surface area contributed by atoms with Gasteiger partial charge in [-0.15, -0.1) is 0 Å². The highest BCUT2D eigenvalue weighted by molar-refractivity contribution is 6.30. The van der Waals surface area contributed by atoms with Gasteiger partial charge in [0.2, 0.25) is 0 Å². The third-order valence-corrected chi connectivity index (χ3v) is 4.27. The zero-order chi connectivity index (χ0) is 19.4. The third-order valence-electron chi connectivity index (χ3n) is 4.02. The fraction of sp³-hybridized carbons (Fsp3) is 0.100. The topological polar surface area (TPSA) is 71.3 Å². The maximum atomic E-state index is 13.2. The second kappa shape index (κ2) is 8.05. The van der Waals surface area contributed by atoms with Gasteiger partial charge >= 0.3 is 5.97 Å². The quantitative estimate of drug-likeness (QED) is 0.661. The molecular formula is C20H16ClFN2O3. The average molecular weight is 387 g/mol. The Kier molecular flexibility index (Phi) is 5.57. The summed E-state index contributed by atoms with van der Waals surface area (Å²) in [6, 6.07) is 15.7. The minimum absolute atomic E-state index is 0.0797. The summed E-state index contributed by atoms with van der Waals surface area (Å²) in [6.45, 7) is 0. The van der Waals surface area contributed by atoms with Gasteiger partial charge in [-0.3, -0.25) is 19.7 Å². The number of nitrogens with zero attached hydrogens (tertiary/aromatic N) is 1. The molecule has 0 saturated heterocycles. The molecule has 1 heterocycles. The monoisotopic (exact) mass is 386 g/mol. The van der Waals surface area contributed by atoms with Gasteiger partial charge in [-0.1, -0.05) is 11.6 Å². The Labute approximate surface area is 160 Å². The molecule has 1 amide bonds. The second-order valence-corrected chi connectivity index (χ2v) is 6.33. The number of carbonyl (C=O) groups excluding carboxylic acids is 1. The first-order valence-electron chi connectivity index (χ1n) is 8.19. The molecule has 3 aromatic rings. The van der Waals surface area contributed by atoms with Crippen LogP contribution in [-0.4, -0.2) is 21.7 Å². The fourth-order valence-corrected chi connectivity index (χ4v) is 2.78. The normalized spacial score (nSPS) is 10.6. The lowest BCUT2D eigenvalue weighted by atomic mass is 10.1. The summed E-state index contributed by atoms with van der Waals surface area (Å²) >= 11 is 5.85. The fourth-order valence-electron chi connectivity index (χ4n) is 2.65. The number of hydrogen-bond donors (Lipinski definition) is 2. The Morgan fingerprint density at radius 1 is 1.00 bits per heavy atom. The third kappa shape index (κ3) is 4.54. The van der Waals surface area contributed by atoms with Crippen molar-refractivity contribution in [3.8, 4) is 11.3 Å². The molecule has 0 aliphatic carbocycles. The average Bonchev–Trinajstić information content (AvgIpc) is 3.03. The van der Waals surface area contributed by atoms with Gasteiger partial charge in [-0.25, -0.2) is 4.39 Å². The summed E-state index contributed by atoms with van der Waals surface area (Å²) in [5.41, 5.74) is 5.12. The molecule has 0 atom stereocenters. The van der Waals surface area contributed by atoms with Gasteiger partial charge in [0.05, 0.1) is 12.1 Å². The molecule has 1 aromatic heterocycles. The van der Waals surface area contributed by atoms with Crippen molar-refractivity contribution < 1.29 is 19.1 Å². The van der Waals surface area contributed by atoms with Crippen LogP contribution in [0.4, 0.5) is 4.39 Å². The van der Waals surface area contributed by atoms with E-state index in [9.17, 15) is 14.0 Å². The molecule has 2 N–H and O–H groups in total. The van der Waals surface area contributed by atoms with E-state index in [1.54, 1.807) is 48.5 Å². The summed E-state index contributed by atoms with van der Waals surface area (Å²) in [5.74, 6) is -1.67. The van der Waals surface area contributed by atoms with Crippen LogP contribution >= 0.6 is 11.6 Å². The Hall–Kier alpha value is -3.12. The van der Waals surface area contributed by atoms with E-state index < -0.39 is 5.97 Å². The lowest BCUT2D eigenvalue weighted by Gasteiger charge is -2.15. The predicted molar refractivity (Wildman–Crippen MR) is 101 cm³/mol. The Balaban J connectivity index is 1.95. The second-order valence-electron chi connectivity index (χ2n) is 5.89. The largest absolute Gasteiger partial charge is 0.481 e. The smallest absolute Gasteiger partial charge is 0.303 e. The minimum atomic E-state index is -0.935. The molecule has 0 aliphatic heterocycles. The molecule has 27 heavy (non-hydrogen) atoms. The van der Waals surface area contributed by atoms with Crippen molar-refractivity contribution >= 4 is 23.5 Å². The first-order chi connectivity index (χ1) is 12.9. The highest BCUT2D eigenvalue weighted by atomic mass is 35.5. The predicted octanol–water partition coefficient (Wildman–Crippen LogP) is 4.35. The number of carbonyl (C=O) groups is 2. The molecule has 0 bridgehead atoms. The molecular weight excluding hydrogens is 371 g/mol. The van der Waals surface area contributed by atoms with E-state index >= 15 is 0 Å². The molecule has 2 aromatic carbocycles. The van der Waals surface area contributed by atoms with Crippen molar-refractivity contribution in [1.29, 1.82) is 0 Å². The number of aliphatic carboxylic acids is 1. The van der Waals surface area contributed by atoms with Crippen LogP contribution in [0, 0.1) is 5.82 Å². The SMILES string of the molecule is O=C(O)CCc1ccc(-c2ccc(F)cc2)n1NC(=O)c1ccc(Cl)cc1. The van der Waals surface area contributed by atoms with Gasteiger partial charge in [0.15, 0.2) is 0 Å². The summed E-state index contributed by atoms with van der Waals surface area (Å²) in [7, 11) is 0. The molecule has 0 spiro atoms. The van der Waals surface area contributed by atoms with Crippen LogP contribution in [0.2, 0.25) is 5.02 Å². The molecule has 0 unspecified atom stereocenters. The van der Waals surface area contributed by atoms with Crippen molar-refractivity contribution in [2.75, 3.05) is 5.43 Å². The van der Waals surface area contributed by atoms with Crippen molar-refractivity contribution in [2.45, 2.75) is 12.8 Å². The maximum absolute atomic E-state index is 13.2. The van der Waals surface area contributed by atoms with E-state index in [1.165, 1.54) is 16.8 Å². The van der Waals surface area contributed by atoms with Crippen molar-refractivity contribution in [1.82, 2.24) is 4.68 Å². The number of benzene rings is 2. The van der Waals surface area contributed by atoms with Crippen LogP contribution in [0.5, 0.6) is 0 Å². The van der Waals surface area contributed by atoms with Gasteiger partial charge in [0, 0.05) is 28.3 Å². The Bertz CT molecular complexity index is 966.